The number of hydrogen-bond acceptors (Lipinski definition) is 4. The fraction of sp³-hybridized carbons (Fsp3) is 0.368. The lowest BCUT2D eigenvalue weighted by Gasteiger charge is -2.08. The van der Waals surface area contributed by atoms with Crippen molar-refractivity contribution in [2.24, 2.45) is 14.1 Å². The molecule has 0 bridgehead atoms. The Kier molecular flexibility index (Phi) is 5.72. The summed E-state index contributed by atoms with van der Waals surface area (Å²) in [6.45, 7) is 0.913. The smallest absolute Gasteiger partial charge is 0.332 e. The Hall–Kier alpha value is -3.23. The zero-order valence-electron chi connectivity index (χ0n) is 15.8. The van der Waals surface area contributed by atoms with Crippen LogP contribution in [0.5, 0.6) is 0 Å². The Bertz CT molecular complexity index is 1110. The first-order valence-electron chi connectivity index (χ1n) is 9.00. The molecule has 0 fully saturated rings. The Balaban J connectivity index is 1.53. The second-order valence-electron chi connectivity index (χ2n) is 6.65. The van der Waals surface area contributed by atoms with E-state index in [1.165, 1.54) is 30.1 Å². The number of nitrogens with one attached hydrogen (secondary N) is 1. The number of rotatable bonds is 7. The molecular formula is C19H22FN5O3. The summed E-state index contributed by atoms with van der Waals surface area (Å²) in [6, 6.07) is 6.18. The molecule has 0 radical (unpaired) electrons. The summed E-state index contributed by atoms with van der Waals surface area (Å²) >= 11 is 0. The van der Waals surface area contributed by atoms with Crippen LogP contribution in [-0.4, -0.2) is 31.1 Å². The molecule has 0 saturated heterocycles. The van der Waals surface area contributed by atoms with Crippen LogP contribution in [0, 0.1) is 5.82 Å². The number of benzene rings is 1. The molecule has 0 saturated carbocycles. The number of aryl methyl sites for hydroxylation is 2. The van der Waals surface area contributed by atoms with Crippen molar-refractivity contribution in [3.8, 4) is 0 Å². The molecule has 0 aliphatic heterocycles. The molecule has 0 atom stereocenters. The summed E-state index contributed by atoms with van der Waals surface area (Å²) in [4.78, 5) is 40.4. The quantitative estimate of drug-likeness (QED) is 0.647. The Morgan fingerprint density at radius 2 is 1.86 bits per heavy atom. The van der Waals surface area contributed by atoms with Gasteiger partial charge in [0.2, 0.25) is 5.91 Å². The Labute approximate surface area is 160 Å². The number of hydrogen-bond donors (Lipinski definition) is 1. The molecule has 3 rings (SSSR count). The third-order valence-corrected chi connectivity index (χ3v) is 4.67. The molecule has 0 spiro atoms. The van der Waals surface area contributed by atoms with E-state index in [-0.39, 0.29) is 11.7 Å². The van der Waals surface area contributed by atoms with Gasteiger partial charge < -0.3 is 9.88 Å². The molecule has 9 heteroatoms. The molecule has 1 N–H and O–H groups in total. The number of amides is 1. The highest BCUT2D eigenvalue weighted by Gasteiger charge is 2.14. The van der Waals surface area contributed by atoms with Gasteiger partial charge in [0.05, 0.1) is 6.33 Å². The van der Waals surface area contributed by atoms with E-state index in [1.54, 1.807) is 23.7 Å². The van der Waals surface area contributed by atoms with Crippen LogP contribution in [0.25, 0.3) is 11.2 Å². The molecular weight excluding hydrogens is 365 g/mol. The Morgan fingerprint density at radius 1 is 1.14 bits per heavy atom. The van der Waals surface area contributed by atoms with Gasteiger partial charge in [-0.1, -0.05) is 12.1 Å². The number of aromatic nitrogens is 4. The van der Waals surface area contributed by atoms with Gasteiger partial charge in [0.15, 0.2) is 11.2 Å². The van der Waals surface area contributed by atoms with E-state index in [0.29, 0.717) is 43.5 Å². The third kappa shape index (κ3) is 4.03. The van der Waals surface area contributed by atoms with Crippen molar-refractivity contribution >= 4 is 17.1 Å². The fourth-order valence-corrected chi connectivity index (χ4v) is 3.06. The summed E-state index contributed by atoms with van der Waals surface area (Å²) in [5, 5.41) is 2.83. The van der Waals surface area contributed by atoms with Crippen molar-refractivity contribution in [2.75, 3.05) is 6.54 Å². The van der Waals surface area contributed by atoms with Crippen LogP contribution in [0.15, 0.2) is 40.2 Å². The predicted molar refractivity (Wildman–Crippen MR) is 103 cm³/mol. The van der Waals surface area contributed by atoms with E-state index in [2.05, 4.69) is 10.3 Å². The van der Waals surface area contributed by atoms with Crippen molar-refractivity contribution in [3.05, 3.63) is 62.8 Å². The van der Waals surface area contributed by atoms with Gasteiger partial charge in [-0.05, 0) is 30.5 Å². The van der Waals surface area contributed by atoms with Crippen molar-refractivity contribution in [2.45, 2.75) is 25.8 Å². The van der Waals surface area contributed by atoms with Gasteiger partial charge in [-0.15, -0.1) is 0 Å². The van der Waals surface area contributed by atoms with E-state index in [1.807, 2.05) is 0 Å². The molecule has 3 aromatic rings. The number of halogens is 1. The fourth-order valence-electron chi connectivity index (χ4n) is 3.06. The first-order chi connectivity index (χ1) is 13.4. The van der Waals surface area contributed by atoms with Crippen LogP contribution in [-0.2, 0) is 31.9 Å². The summed E-state index contributed by atoms with van der Waals surface area (Å²) in [6.07, 6.45) is 2.97. The average molecular weight is 387 g/mol. The van der Waals surface area contributed by atoms with Gasteiger partial charge >= 0.3 is 5.69 Å². The van der Waals surface area contributed by atoms with Crippen LogP contribution in [0.2, 0.25) is 0 Å². The zero-order valence-corrected chi connectivity index (χ0v) is 15.8. The van der Waals surface area contributed by atoms with Crippen LogP contribution in [0.3, 0.4) is 0 Å². The van der Waals surface area contributed by atoms with Gasteiger partial charge in [0, 0.05) is 33.6 Å². The van der Waals surface area contributed by atoms with Crippen molar-refractivity contribution in [1.29, 1.82) is 0 Å². The van der Waals surface area contributed by atoms with Crippen LogP contribution in [0.4, 0.5) is 4.39 Å². The van der Waals surface area contributed by atoms with Crippen molar-refractivity contribution in [1.82, 2.24) is 24.0 Å². The van der Waals surface area contributed by atoms with Gasteiger partial charge in [-0.25, -0.2) is 14.2 Å². The van der Waals surface area contributed by atoms with Crippen LogP contribution < -0.4 is 16.6 Å². The monoisotopic (exact) mass is 387 g/mol. The lowest BCUT2D eigenvalue weighted by molar-refractivity contribution is -0.121. The van der Waals surface area contributed by atoms with Crippen molar-refractivity contribution in [3.63, 3.8) is 0 Å². The molecule has 0 aliphatic rings. The maximum Gasteiger partial charge on any atom is 0.332 e. The first kappa shape index (κ1) is 19.5. The number of imidazole rings is 1. The standard InChI is InChI=1S/C19H22FN5O3/c1-23-17-16(18(27)24(2)19(23)28)25(12-22-17)11-3-4-15(26)21-10-9-13-5-7-14(20)8-6-13/h5-8,12H,3-4,9-11H2,1-2H3,(H,21,26). The molecule has 1 amide bonds. The second-order valence-corrected chi connectivity index (χ2v) is 6.65. The molecule has 148 valence electrons. The van der Waals surface area contributed by atoms with E-state index in [9.17, 15) is 18.8 Å². The summed E-state index contributed by atoms with van der Waals surface area (Å²) in [5.41, 5.74) is 0.800. The highest BCUT2D eigenvalue weighted by Crippen LogP contribution is 2.07. The van der Waals surface area contributed by atoms with Crippen LogP contribution in [0.1, 0.15) is 18.4 Å². The summed E-state index contributed by atoms with van der Waals surface area (Å²) in [7, 11) is 2.99. The summed E-state index contributed by atoms with van der Waals surface area (Å²) < 4.78 is 16.9. The molecule has 28 heavy (non-hydrogen) atoms. The van der Waals surface area contributed by atoms with Gasteiger partial charge in [0.25, 0.3) is 5.56 Å². The maximum atomic E-state index is 12.9. The number of carbonyl (C=O) groups excluding carboxylic acids is 1. The minimum atomic E-state index is -0.428. The van der Waals surface area contributed by atoms with Gasteiger partial charge in [0.1, 0.15) is 5.82 Å². The maximum absolute atomic E-state index is 12.9. The minimum absolute atomic E-state index is 0.0909. The van der Waals surface area contributed by atoms with E-state index < -0.39 is 11.2 Å². The molecule has 2 heterocycles. The lowest BCUT2D eigenvalue weighted by Crippen LogP contribution is -2.37. The SMILES string of the molecule is Cn1c(=O)c2c(ncn2CCCC(=O)NCCc2ccc(F)cc2)n(C)c1=O. The van der Waals surface area contributed by atoms with E-state index in [4.69, 9.17) is 0 Å². The number of fused-ring (bicyclic) bond motifs is 1. The van der Waals surface area contributed by atoms with Crippen molar-refractivity contribution < 1.29 is 9.18 Å². The van der Waals surface area contributed by atoms with E-state index >= 15 is 0 Å². The largest absolute Gasteiger partial charge is 0.356 e. The molecule has 2 aromatic heterocycles. The molecule has 8 nitrogen and oxygen atoms in total. The average Bonchev–Trinajstić information content (AvgIpc) is 3.10. The first-order valence-corrected chi connectivity index (χ1v) is 9.00. The van der Waals surface area contributed by atoms with Gasteiger partial charge in [-0.2, -0.15) is 0 Å². The van der Waals surface area contributed by atoms with Gasteiger partial charge in [-0.3, -0.25) is 18.7 Å². The molecule has 0 aliphatic carbocycles. The predicted octanol–water partition coefficient (Wildman–Crippen LogP) is 0.712. The number of carbonyl (C=O) groups is 1. The normalized spacial score (nSPS) is 11.1. The number of nitrogens with zero attached hydrogens (tertiary/aromatic N) is 4. The Morgan fingerprint density at radius 3 is 2.57 bits per heavy atom. The highest BCUT2D eigenvalue weighted by molar-refractivity contribution is 5.75. The lowest BCUT2D eigenvalue weighted by atomic mass is 10.1. The third-order valence-electron chi connectivity index (χ3n) is 4.67. The topological polar surface area (TPSA) is 90.9 Å². The summed E-state index contributed by atoms with van der Waals surface area (Å²) in [5.74, 6) is -0.374. The molecule has 0 unspecified atom stereocenters. The van der Waals surface area contributed by atoms with Crippen LogP contribution >= 0.6 is 0 Å². The highest BCUT2D eigenvalue weighted by atomic mass is 19.1. The zero-order chi connectivity index (χ0) is 20.3. The minimum Gasteiger partial charge on any atom is -0.356 e. The second kappa shape index (κ2) is 8.20. The van der Waals surface area contributed by atoms with E-state index in [0.717, 1.165) is 10.1 Å². The molecule has 1 aromatic carbocycles.